The second-order valence-electron chi connectivity index (χ2n) is 7.39. The summed E-state index contributed by atoms with van der Waals surface area (Å²) in [6, 6.07) is 17.7. The number of rotatable bonds is 3. The molecule has 0 aromatic heterocycles. The lowest BCUT2D eigenvalue weighted by atomic mass is 9.53. The third kappa shape index (κ3) is 3.09. The molecule has 1 aliphatic rings. The van der Waals surface area contributed by atoms with Gasteiger partial charge >= 0.3 is 0 Å². The van der Waals surface area contributed by atoms with Crippen LogP contribution in [0.25, 0.3) is 0 Å². The van der Waals surface area contributed by atoms with Crippen LogP contribution in [0.1, 0.15) is 23.6 Å². The Morgan fingerprint density at radius 2 is 0.931 bits per heavy atom. The zero-order chi connectivity index (χ0) is 20.6. The Kier molecular flexibility index (Phi) is 4.65. The van der Waals surface area contributed by atoms with Crippen LogP contribution in [0.15, 0.2) is 96.9 Å². The second-order valence-corrected chi connectivity index (χ2v) is 7.39. The van der Waals surface area contributed by atoms with Crippen LogP contribution in [0.5, 0.6) is 0 Å². The van der Waals surface area contributed by atoms with E-state index in [2.05, 4.69) is 0 Å². The van der Waals surface area contributed by atoms with E-state index in [4.69, 9.17) is 0 Å². The van der Waals surface area contributed by atoms with E-state index in [9.17, 15) is 17.6 Å². The van der Waals surface area contributed by atoms with Crippen molar-refractivity contribution in [3.8, 4) is 0 Å². The van der Waals surface area contributed by atoms with E-state index in [1.54, 1.807) is 42.5 Å². The van der Waals surface area contributed by atoms with Crippen LogP contribution in [0.2, 0.25) is 0 Å². The first-order valence-electron chi connectivity index (χ1n) is 9.21. The molecule has 0 amide bonds. The summed E-state index contributed by atoms with van der Waals surface area (Å²) in [4.78, 5) is 0. The minimum atomic E-state index is -1.11. The molecule has 1 aliphatic carbocycles. The highest BCUT2D eigenvalue weighted by molar-refractivity contribution is 5.58. The molecule has 3 aromatic carbocycles. The predicted octanol–water partition coefficient (Wildman–Crippen LogP) is 6.77. The molecule has 4 heteroatoms. The fourth-order valence-corrected chi connectivity index (χ4v) is 4.26. The zero-order valence-electron chi connectivity index (χ0n) is 15.7. The molecule has 0 N–H and O–H groups in total. The summed E-state index contributed by atoms with van der Waals surface area (Å²) in [5.74, 6) is -1.67. The van der Waals surface area contributed by atoms with Gasteiger partial charge in [-0.25, -0.2) is 17.6 Å². The lowest BCUT2D eigenvalue weighted by Gasteiger charge is -2.48. The monoisotopic (exact) mass is 394 g/mol. The van der Waals surface area contributed by atoms with E-state index in [1.165, 1.54) is 48.6 Å². The highest BCUT2D eigenvalue weighted by atomic mass is 19.1. The second kappa shape index (κ2) is 7.03. The Bertz CT molecular complexity index is 1030. The highest BCUT2D eigenvalue weighted by Gasteiger charge is 2.50. The van der Waals surface area contributed by atoms with Crippen LogP contribution in [0, 0.1) is 17.5 Å². The fraction of sp³-hybridized carbons (Fsp3) is 0.120. The van der Waals surface area contributed by atoms with Gasteiger partial charge in [-0.2, -0.15) is 0 Å². The normalized spacial score (nSPS) is 20.4. The smallest absolute Gasteiger partial charge is 0.123 e. The standard InChI is InChI=1S/C25H18F4/c1-24(17-2-8-20(26)9-3-17)15-14-23(29)16-25(24,18-4-10-21(27)11-5-18)19-6-12-22(28)13-7-19/h2-16H,1H3. The molecule has 1 atom stereocenters. The number of halogens is 4. The summed E-state index contributed by atoms with van der Waals surface area (Å²) in [7, 11) is 0. The first kappa shape index (κ1) is 19.2. The zero-order valence-corrected chi connectivity index (χ0v) is 15.7. The van der Waals surface area contributed by atoms with Gasteiger partial charge in [0.1, 0.15) is 23.3 Å². The third-order valence-electron chi connectivity index (χ3n) is 5.79. The van der Waals surface area contributed by atoms with Crippen molar-refractivity contribution >= 4 is 0 Å². The van der Waals surface area contributed by atoms with Gasteiger partial charge < -0.3 is 0 Å². The molecule has 0 nitrogen and oxygen atoms in total. The summed E-state index contributed by atoms with van der Waals surface area (Å²) in [6.45, 7) is 1.91. The Balaban J connectivity index is 2.07. The van der Waals surface area contributed by atoms with Gasteiger partial charge in [-0.3, -0.25) is 0 Å². The molecule has 3 aromatic rings. The molecule has 1 unspecified atom stereocenters. The van der Waals surface area contributed by atoms with Gasteiger partial charge in [-0.1, -0.05) is 49.4 Å². The van der Waals surface area contributed by atoms with Crippen molar-refractivity contribution in [2.24, 2.45) is 0 Å². The van der Waals surface area contributed by atoms with E-state index in [1.807, 2.05) is 6.92 Å². The van der Waals surface area contributed by atoms with E-state index >= 15 is 0 Å². The lowest BCUT2D eigenvalue weighted by molar-refractivity contribution is 0.397. The summed E-state index contributed by atoms with van der Waals surface area (Å²) >= 11 is 0. The molecule has 4 rings (SSSR count). The van der Waals surface area contributed by atoms with Crippen LogP contribution in [0.3, 0.4) is 0 Å². The fourth-order valence-electron chi connectivity index (χ4n) is 4.26. The molecule has 0 fully saturated rings. The van der Waals surface area contributed by atoms with Gasteiger partial charge in [-0.15, -0.1) is 0 Å². The number of allylic oxidation sites excluding steroid dienone is 4. The summed E-state index contributed by atoms with van der Waals surface area (Å²) in [5, 5.41) is 0. The number of hydrogen-bond donors (Lipinski definition) is 0. The Morgan fingerprint density at radius 1 is 0.552 bits per heavy atom. The van der Waals surface area contributed by atoms with E-state index in [0.29, 0.717) is 11.1 Å². The van der Waals surface area contributed by atoms with Crippen molar-refractivity contribution in [1.29, 1.82) is 0 Å². The molecule has 0 spiro atoms. The maximum atomic E-state index is 14.7. The number of benzene rings is 3. The maximum Gasteiger partial charge on any atom is 0.123 e. The molecular formula is C25H18F4. The van der Waals surface area contributed by atoms with E-state index in [-0.39, 0.29) is 5.82 Å². The Morgan fingerprint density at radius 3 is 1.34 bits per heavy atom. The molecule has 0 saturated heterocycles. The SMILES string of the molecule is CC1(c2ccc(F)cc2)C=CC(F)=CC1(c1ccc(F)cc1)c1ccc(F)cc1. The first-order chi connectivity index (χ1) is 13.8. The average Bonchev–Trinajstić information content (AvgIpc) is 2.71. The summed E-state index contributed by atoms with van der Waals surface area (Å²) in [6.07, 6.45) is 4.56. The van der Waals surface area contributed by atoms with E-state index < -0.39 is 28.3 Å². The lowest BCUT2D eigenvalue weighted by Crippen LogP contribution is -2.47. The van der Waals surface area contributed by atoms with Crippen molar-refractivity contribution in [2.75, 3.05) is 0 Å². The topological polar surface area (TPSA) is 0 Å². The minimum absolute atomic E-state index is 0.381. The molecule has 0 heterocycles. The van der Waals surface area contributed by atoms with Crippen LogP contribution in [-0.4, -0.2) is 0 Å². The quantitative estimate of drug-likeness (QED) is 0.430. The largest absolute Gasteiger partial charge is 0.207 e. The average molecular weight is 394 g/mol. The molecular weight excluding hydrogens is 376 g/mol. The molecule has 146 valence electrons. The predicted molar refractivity (Wildman–Crippen MR) is 106 cm³/mol. The van der Waals surface area contributed by atoms with Crippen molar-refractivity contribution in [3.63, 3.8) is 0 Å². The van der Waals surface area contributed by atoms with Gasteiger partial charge in [-0.05, 0) is 65.2 Å². The van der Waals surface area contributed by atoms with Gasteiger partial charge in [0.2, 0.25) is 0 Å². The summed E-state index contributed by atoms with van der Waals surface area (Å²) in [5.41, 5.74) is 0.0537. The summed E-state index contributed by atoms with van der Waals surface area (Å²) < 4.78 is 55.6. The van der Waals surface area contributed by atoms with Crippen LogP contribution >= 0.6 is 0 Å². The van der Waals surface area contributed by atoms with Crippen molar-refractivity contribution in [1.82, 2.24) is 0 Å². The first-order valence-corrected chi connectivity index (χ1v) is 9.21. The van der Waals surface area contributed by atoms with Crippen molar-refractivity contribution in [2.45, 2.75) is 17.8 Å². The highest BCUT2D eigenvalue weighted by Crippen LogP contribution is 2.53. The third-order valence-corrected chi connectivity index (χ3v) is 5.79. The van der Waals surface area contributed by atoms with Gasteiger partial charge in [0.15, 0.2) is 0 Å². The molecule has 0 bridgehead atoms. The van der Waals surface area contributed by atoms with Crippen molar-refractivity contribution in [3.05, 3.63) is 131 Å². The van der Waals surface area contributed by atoms with Crippen LogP contribution in [-0.2, 0) is 10.8 Å². The maximum absolute atomic E-state index is 14.7. The molecule has 0 radical (unpaired) electrons. The van der Waals surface area contributed by atoms with Crippen LogP contribution < -0.4 is 0 Å². The van der Waals surface area contributed by atoms with Gasteiger partial charge in [0.25, 0.3) is 0 Å². The molecule has 0 aliphatic heterocycles. The Hall–Kier alpha value is -3.14. The van der Waals surface area contributed by atoms with Gasteiger partial charge in [0, 0.05) is 5.41 Å². The van der Waals surface area contributed by atoms with Crippen LogP contribution in [0.4, 0.5) is 17.6 Å². The Labute approximate surface area is 166 Å². The molecule has 0 saturated carbocycles. The van der Waals surface area contributed by atoms with Crippen molar-refractivity contribution < 1.29 is 17.6 Å². The van der Waals surface area contributed by atoms with Gasteiger partial charge in [0.05, 0.1) is 5.41 Å². The minimum Gasteiger partial charge on any atom is -0.207 e. The molecule has 29 heavy (non-hydrogen) atoms. The van der Waals surface area contributed by atoms with E-state index in [0.717, 1.165) is 5.56 Å². The number of hydrogen-bond acceptors (Lipinski definition) is 0.